The third-order valence-corrected chi connectivity index (χ3v) is 10.2. The van der Waals surface area contributed by atoms with E-state index in [0.717, 1.165) is 26.1 Å². The van der Waals surface area contributed by atoms with E-state index in [0.29, 0.717) is 26.2 Å². The Kier molecular flexibility index (Phi) is 7.95. The van der Waals surface area contributed by atoms with E-state index < -0.39 is 17.9 Å². The van der Waals surface area contributed by atoms with E-state index in [9.17, 15) is 31.5 Å². The largest absolute Gasteiger partial charge is 0.451 e. The Morgan fingerprint density at radius 3 is 2.00 bits per heavy atom. The van der Waals surface area contributed by atoms with Gasteiger partial charge in [-0.15, -0.1) is 0 Å². The molecule has 4 aliphatic rings. The summed E-state index contributed by atoms with van der Waals surface area (Å²) in [6, 6.07) is 10.2. The molecule has 44 heavy (non-hydrogen) atoms. The summed E-state index contributed by atoms with van der Waals surface area (Å²) < 4.78 is 66.7. The van der Waals surface area contributed by atoms with Crippen LogP contribution < -0.4 is 0 Å². The van der Waals surface area contributed by atoms with E-state index in [1.54, 1.807) is 4.90 Å². The molecule has 6 rings (SSSR count). The number of fused-ring (bicyclic) bond motifs is 1. The minimum absolute atomic E-state index is 0.00330. The monoisotopic (exact) mass is 619 g/mol. The van der Waals surface area contributed by atoms with Crippen molar-refractivity contribution in [2.75, 3.05) is 45.8 Å². The molecule has 4 heterocycles. The van der Waals surface area contributed by atoms with Crippen molar-refractivity contribution in [1.29, 1.82) is 0 Å². The number of alkyl halides is 5. The van der Waals surface area contributed by atoms with Crippen molar-refractivity contribution in [3.05, 3.63) is 58.7 Å². The van der Waals surface area contributed by atoms with Gasteiger partial charge in [-0.2, -0.15) is 13.2 Å². The van der Waals surface area contributed by atoms with Crippen LogP contribution in [-0.2, 0) is 16.4 Å². The zero-order valence-corrected chi connectivity index (χ0v) is 25.0. The molecule has 2 atom stereocenters. The fourth-order valence-corrected chi connectivity index (χ4v) is 7.78. The number of hydrogen-bond acceptors (Lipinski definition) is 5. The number of carbonyl (C=O) groups is 2. The maximum absolute atomic E-state index is 13.6. The first kappa shape index (κ1) is 30.9. The van der Waals surface area contributed by atoms with Gasteiger partial charge in [-0.05, 0) is 57.1 Å². The third-order valence-electron chi connectivity index (χ3n) is 10.2. The van der Waals surface area contributed by atoms with E-state index in [4.69, 9.17) is 0 Å². The van der Waals surface area contributed by atoms with E-state index in [1.165, 1.54) is 19.4 Å². The van der Waals surface area contributed by atoms with Crippen molar-refractivity contribution < 1.29 is 31.5 Å². The fourth-order valence-electron chi connectivity index (χ4n) is 7.78. The van der Waals surface area contributed by atoms with E-state index in [1.807, 2.05) is 23.1 Å². The maximum Gasteiger partial charge on any atom is 0.451 e. The Labute approximate surface area is 253 Å². The van der Waals surface area contributed by atoms with Gasteiger partial charge in [0.2, 0.25) is 17.7 Å². The van der Waals surface area contributed by atoms with Crippen molar-refractivity contribution in [3.63, 3.8) is 0 Å². The fraction of sp³-hybridized carbons (Fsp3) is 0.625. The zero-order chi connectivity index (χ0) is 31.4. The van der Waals surface area contributed by atoms with Gasteiger partial charge in [0.15, 0.2) is 0 Å². The van der Waals surface area contributed by atoms with Crippen LogP contribution in [0.2, 0.25) is 0 Å². The van der Waals surface area contributed by atoms with Gasteiger partial charge >= 0.3 is 6.18 Å². The Morgan fingerprint density at radius 2 is 1.45 bits per heavy atom. The summed E-state index contributed by atoms with van der Waals surface area (Å²) >= 11 is 0. The topological polar surface area (TPSA) is 69.6 Å². The Hall–Kier alpha value is -3.15. The Balaban J connectivity index is 1.05. The smallest absolute Gasteiger partial charge is 0.341 e. The second-order valence-electron chi connectivity index (χ2n) is 13.3. The molecule has 2 aromatic rings. The Bertz CT molecular complexity index is 1360. The lowest BCUT2D eigenvalue weighted by Crippen LogP contribution is -2.63. The van der Waals surface area contributed by atoms with Crippen LogP contribution in [0.4, 0.5) is 22.0 Å². The molecule has 2 amide bonds. The predicted octanol–water partition coefficient (Wildman–Crippen LogP) is 5.11. The normalized spacial score (nSPS) is 25.2. The van der Waals surface area contributed by atoms with Crippen molar-refractivity contribution in [3.8, 4) is 0 Å². The predicted molar refractivity (Wildman–Crippen MR) is 152 cm³/mol. The second-order valence-corrected chi connectivity index (χ2v) is 13.3. The highest BCUT2D eigenvalue weighted by molar-refractivity contribution is 5.96. The molecule has 0 spiro atoms. The molecule has 238 valence electrons. The van der Waals surface area contributed by atoms with Crippen LogP contribution in [0.25, 0.3) is 0 Å². The van der Waals surface area contributed by atoms with Crippen LogP contribution in [0.15, 0.2) is 30.3 Å². The lowest BCUT2D eigenvalue weighted by Gasteiger charge is -2.52. The van der Waals surface area contributed by atoms with Crippen molar-refractivity contribution in [2.24, 2.45) is 17.8 Å². The number of rotatable bonds is 6. The van der Waals surface area contributed by atoms with Gasteiger partial charge in [0.25, 0.3) is 5.91 Å². The molecule has 0 radical (unpaired) electrons. The van der Waals surface area contributed by atoms with Crippen LogP contribution in [0.5, 0.6) is 0 Å². The van der Waals surface area contributed by atoms with Crippen molar-refractivity contribution >= 4 is 11.8 Å². The zero-order valence-electron chi connectivity index (χ0n) is 25.0. The quantitative estimate of drug-likeness (QED) is 0.421. The van der Waals surface area contributed by atoms with Gasteiger partial charge < -0.3 is 14.7 Å². The van der Waals surface area contributed by atoms with E-state index in [2.05, 4.69) is 27.0 Å². The van der Waals surface area contributed by atoms with Crippen LogP contribution >= 0.6 is 0 Å². The molecule has 3 saturated heterocycles. The SMILES string of the molecule is Cc1nc(C(F)(F)F)nc(C)c1C(=O)N1C[C@H]2CN(CCC3(c4ccccc4)CN(C(=O)C4CCC(F)(F)CC4)C3)C[C@H]2C1. The molecule has 12 heteroatoms. The highest BCUT2D eigenvalue weighted by Crippen LogP contribution is 2.43. The summed E-state index contributed by atoms with van der Waals surface area (Å²) in [6.07, 6.45) is -3.79. The van der Waals surface area contributed by atoms with Crippen LogP contribution in [-0.4, -0.2) is 88.2 Å². The number of aromatic nitrogens is 2. The van der Waals surface area contributed by atoms with E-state index >= 15 is 0 Å². The average molecular weight is 620 g/mol. The number of amides is 2. The number of nitrogens with zero attached hydrogens (tertiary/aromatic N) is 5. The number of benzene rings is 1. The van der Waals surface area contributed by atoms with Gasteiger partial charge in [-0.3, -0.25) is 9.59 Å². The molecule has 0 bridgehead atoms. The molecule has 1 saturated carbocycles. The minimum atomic E-state index is -4.67. The molecule has 1 aliphatic carbocycles. The summed E-state index contributed by atoms with van der Waals surface area (Å²) in [5.41, 5.74) is 1.21. The summed E-state index contributed by atoms with van der Waals surface area (Å²) in [5.74, 6) is -4.00. The first-order valence-corrected chi connectivity index (χ1v) is 15.4. The van der Waals surface area contributed by atoms with Gasteiger partial charge in [0.1, 0.15) is 0 Å². The van der Waals surface area contributed by atoms with Crippen molar-refractivity contribution in [1.82, 2.24) is 24.7 Å². The third kappa shape index (κ3) is 5.93. The molecular formula is C32H38F5N5O2. The molecule has 4 fully saturated rings. The van der Waals surface area contributed by atoms with Crippen molar-refractivity contribution in [2.45, 2.75) is 63.5 Å². The lowest BCUT2D eigenvalue weighted by molar-refractivity contribution is -0.148. The summed E-state index contributed by atoms with van der Waals surface area (Å²) in [5, 5.41) is 0. The summed E-state index contributed by atoms with van der Waals surface area (Å²) in [6.45, 7) is 7.54. The number of hydrogen-bond donors (Lipinski definition) is 0. The highest BCUT2D eigenvalue weighted by Gasteiger charge is 2.50. The minimum Gasteiger partial charge on any atom is -0.341 e. The van der Waals surface area contributed by atoms with Gasteiger partial charge in [0.05, 0.1) is 17.0 Å². The highest BCUT2D eigenvalue weighted by atomic mass is 19.4. The lowest BCUT2D eigenvalue weighted by atomic mass is 9.70. The maximum atomic E-state index is 13.6. The molecule has 3 aliphatic heterocycles. The van der Waals surface area contributed by atoms with Gasteiger partial charge in [-0.25, -0.2) is 18.7 Å². The van der Waals surface area contributed by atoms with Crippen LogP contribution in [0.1, 0.15) is 65.2 Å². The number of halogens is 5. The molecule has 0 unspecified atom stereocenters. The Morgan fingerprint density at radius 1 is 0.886 bits per heavy atom. The number of likely N-dealkylation sites (tertiary alicyclic amines) is 3. The first-order chi connectivity index (χ1) is 20.7. The van der Waals surface area contributed by atoms with E-state index in [-0.39, 0.29) is 77.6 Å². The van der Waals surface area contributed by atoms with Crippen LogP contribution in [0.3, 0.4) is 0 Å². The molecular weight excluding hydrogens is 581 g/mol. The number of aryl methyl sites for hydroxylation is 2. The summed E-state index contributed by atoms with van der Waals surface area (Å²) in [7, 11) is 0. The van der Waals surface area contributed by atoms with Gasteiger partial charge in [-0.1, -0.05) is 30.3 Å². The molecule has 1 aromatic heterocycles. The van der Waals surface area contributed by atoms with Crippen LogP contribution in [0, 0.1) is 31.6 Å². The first-order valence-electron chi connectivity index (χ1n) is 15.4. The standard InChI is InChI=1S/C32H38F5N5O2/c1-20-26(21(2)39-29(38-20)32(35,36)37)28(44)41-16-23-14-40(15-24(23)17-41)13-12-30(25-6-4-3-5-7-25)18-42(19-30)27(43)22-8-10-31(33,34)11-9-22/h3-7,22-24H,8-19H2,1-2H3/t23-,24+. The van der Waals surface area contributed by atoms with Gasteiger partial charge in [0, 0.05) is 63.4 Å². The molecule has 0 N–H and O–H groups in total. The average Bonchev–Trinajstić information content (AvgIpc) is 3.51. The number of carbonyl (C=O) groups excluding carboxylic acids is 2. The second kappa shape index (κ2) is 11.3. The summed E-state index contributed by atoms with van der Waals surface area (Å²) in [4.78, 5) is 39.6. The molecule has 1 aromatic carbocycles. The molecule has 7 nitrogen and oxygen atoms in total.